The zero-order valence-corrected chi connectivity index (χ0v) is 20.9. The van der Waals surface area contributed by atoms with Crippen LogP contribution in [0.1, 0.15) is 70.6 Å². The van der Waals surface area contributed by atoms with E-state index in [-0.39, 0.29) is 33.6 Å². The van der Waals surface area contributed by atoms with E-state index < -0.39 is 11.9 Å². The van der Waals surface area contributed by atoms with E-state index >= 15 is 0 Å². The lowest BCUT2D eigenvalue weighted by molar-refractivity contribution is -0.117. The smallest absolute Gasteiger partial charge is 0.258 e. The average molecular weight is 508 g/mol. The van der Waals surface area contributed by atoms with Crippen molar-refractivity contribution < 1.29 is 13.9 Å². The average Bonchev–Trinajstić information content (AvgIpc) is 3.27. The molecule has 182 valence electrons. The van der Waals surface area contributed by atoms with Crippen molar-refractivity contribution in [3.05, 3.63) is 52.1 Å². The number of ketones is 1. The number of ether oxygens (including phenoxy) is 1. The van der Waals surface area contributed by atoms with Gasteiger partial charge in [-0.1, -0.05) is 36.5 Å². The van der Waals surface area contributed by atoms with Crippen LogP contribution in [-0.2, 0) is 4.79 Å². The van der Waals surface area contributed by atoms with Crippen LogP contribution >= 0.6 is 23.2 Å². The van der Waals surface area contributed by atoms with Gasteiger partial charge in [0.2, 0.25) is 0 Å². The predicted molar refractivity (Wildman–Crippen MR) is 132 cm³/mol. The second-order valence-electron chi connectivity index (χ2n) is 8.21. The van der Waals surface area contributed by atoms with Gasteiger partial charge in [-0.05, 0) is 45.2 Å². The lowest BCUT2D eigenvalue weighted by Crippen LogP contribution is -2.10. The third-order valence-electron chi connectivity index (χ3n) is 5.50. The molecule has 0 amide bonds. The van der Waals surface area contributed by atoms with Crippen molar-refractivity contribution in [1.82, 2.24) is 19.7 Å². The van der Waals surface area contributed by atoms with Gasteiger partial charge in [-0.25, -0.2) is 14.4 Å². The summed E-state index contributed by atoms with van der Waals surface area (Å²) < 4.78 is 21.7. The molecule has 1 aromatic carbocycles. The number of aromatic nitrogens is 4. The molecule has 0 saturated heterocycles. The van der Waals surface area contributed by atoms with E-state index in [1.165, 1.54) is 12.1 Å². The van der Waals surface area contributed by atoms with E-state index in [1.54, 1.807) is 26.2 Å². The first-order valence-electron chi connectivity index (χ1n) is 11.2. The number of hydrogen-bond acceptors (Lipinski definition) is 6. The maximum Gasteiger partial charge on any atom is 0.258 e. The van der Waals surface area contributed by atoms with Crippen molar-refractivity contribution in [3.63, 3.8) is 0 Å². The lowest BCUT2D eigenvalue weighted by atomic mass is 10.0. The third-order valence-corrected chi connectivity index (χ3v) is 6.21. The highest BCUT2D eigenvalue weighted by atomic mass is 35.5. The number of carbonyl (C=O) groups is 1. The molecule has 2 aromatic heterocycles. The fourth-order valence-corrected chi connectivity index (χ4v) is 4.43. The van der Waals surface area contributed by atoms with Gasteiger partial charge in [-0.2, -0.15) is 5.10 Å². The first-order valence-corrected chi connectivity index (χ1v) is 11.9. The molecule has 0 saturated carbocycles. The Labute approximate surface area is 208 Å². The Morgan fingerprint density at radius 1 is 1.26 bits per heavy atom. The van der Waals surface area contributed by atoms with Crippen molar-refractivity contribution in [2.75, 3.05) is 5.73 Å². The monoisotopic (exact) mass is 507 g/mol. The second-order valence-corrected chi connectivity index (χ2v) is 8.99. The second kappa shape index (κ2) is 11.6. The summed E-state index contributed by atoms with van der Waals surface area (Å²) in [6.07, 6.45) is 8.64. The van der Waals surface area contributed by atoms with Gasteiger partial charge in [0, 0.05) is 28.8 Å². The molecule has 2 N–H and O–H groups in total. The zero-order chi connectivity index (χ0) is 24.8. The quantitative estimate of drug-likeness (QED) is 0.293. The highest BCUT2D eigenvalue weighted by Crippen LogP contribution is 2.36. The van der Waals surface area contributed by atoms with E-state index in [2.05, 4.69) is 22.0 Å². The van der Waals surface area contributed by atoms with Crippen molar-refractivity contribution in [2.24, 2.45) is 0 Å². The Morgan fingerprint density at radius 3 is 2.74 bits per heavy atom. The van der Waals surface area contributed by atoms with Crippen LogP contribution in [0.25, 0.3) is 11.3 Å². The predicted octanol–water partition coefficient (Wildman–Crippen LogP) is 6.61. The fourth-order valence-electron chi connectivity index (χ4n) is 3.75. The molecule has 0 aliphatic rings. The molecule has 0 bridgehead atoms. The standard InChI is InChI=1S/C24H28Cl2FN5O2/c1-4-6-17(8-5-7-14(2)33)32-13-16(11-30-32)20-12-29-23(28)24(31-20)34-15(3)21-18(25)9-10-19(27)22(21)26/h9-13,15,17H,4-8H2,1-3H3,(H2,28,29)/t15-,17?/m1/s1. The number of halogens is 3. The van der Waals surface area contributed by atoms with E-state index in [0.717, 1.165) is 31.2 Å². The minimum atomic E-state index is -0.722. The maximum atomic E-state index is 13.9. The zero-order valence-electron chi connectivity index (χ0n) is 19.4. The molecule has 7 nitrogen and oxygen atoms in total. The van der Waals surface area contributed by atoms with Crippen molar-refractivity contribution in [2.45, 2.75) is 65.0 Å². The van der Waals surface area contributed by atoms with Crippen LogP contribution in [0.2, 0.25) is 10.0 Å². The van der Waals surface area contributed by atoms with E-state index in [9.17, 15) is 9.18 Å². The number of nitrogens with two attached hydrogens (primary N) is 1. The van der Waals surface area contributed by atoms with E-state index in [4.69, 9.17) is 33.7 Å². The molecule has 34 heavy (non-hydrogen) atoms. The van der Waals surface area contributed by atoms with E-state index in [0.29, 0.717) is 17.7 Å². The van der Waals surface area contributed by atoms with Crippen molar-refractivity contribution in [1.29, 1.82) is 0 Å². The van der Waals surface area contributed by atoms with Crippen molar-refractivity contribution >= 4 is 34.8 Å². The van der Waals surface area contributed by atoms with Gasteiger partial charge in [0.15, 0.2) is 5.82 Å². The Balaban J connectivity index is 1.82. The first kappa shape index (κ1) is 25.9. The summed E-state index contributed by atoms with van der Waals surface area (Å²) in [5.41, 5.74) is 7.56. The fraction of sp³-hybridized carbons (Fsp3) is 0.417. The molecule has 3 aromatic rings. The molecule has 1 unspecified atom stereocenters. The van der Waals surface area contributed by atoms with Gasteiger partial charge < -0.3 is 15.3 Å². The molecule has 0 aliphatic carbocycles. The van der Waals surface area contributed by atoms with Gasteiger partial charge in [-0.3, -0.25) is 4.68 Å². The number of nitrogens with zero attached hydrogens (tertiary/aromatic N) is 4. The molecule has 10 heteroatoms. The van der Waals surface area contributed by atoms with Crippen LogP contribution < -0.4 is 10.5 Å². The Morgan fingerprint density at radius 2 is 2.03 bits per heavy atom. The highest BCUT2D eigenvalue weighted by Gasteiger charge is 2.21. The summed E-state index contributed by atoms with van der Waals surface area (Å²) in [5, 5.41) is 4.68. The molecule has 0 aliphatic heterocycles. The topological polar surface area (TPSA) is 95.9 Å². The number of nitrogen functional groups attached to an aromatic ring is 1. The SMILES string of the molecule is CCCC(CCCC(C)=O)n1cc(-c2cnc(N)c(O[C@H](C)c3c(Cl)ccc(F)c3Cl)n2)cn1. The molecule has 3 rings (SSSR count). The van der Waals surface area contributed by atoms with Crippen LogP contribution in [0.5, 0.6) is 5.88 Å². The minimum Gasteiger partial charge on any atom is -0.467 e. The summed E-state index contributed by atoms with van der Waals surface area (Å²) in [4.78, 5) is 20.0. The van der Waals surface area contributed by atoms with Gasteiger partial charge in [0.25, 0.3) is 5.88 Å². The molecule has 2 atom stereocenters. The third kappa shape index (κ3) is 6.24. The highest BCUT2D eigenvalue weighted by molar-refractivity contribution is 6.36. The minimum absolute atomic E-state index is 0.0831. The molecule has 2 heterocycles. The number of carbonyl (C=O) groups excluding carboxylic acids is 1. The number of Topliss-reactive ketones (excluding diaryl/α,β-unsaturated/α-hetero) is 1. The summed E-state index contributed by atoms with van der Waals surface area (Å²) in [6.45, 7) is 5.40. The lowest BCUT2D eigenvalue weighted by Gasteiger charge is -2.18. The summed E-state index contributed by atoms with van der Waals surface area (Å²) in [6, 6.07) is 2.80. The van der Waals surface area contributed by atoms with Gasteiger partial charge >= 0.3 is 0 Å². The first-order chi connectivity index (χ1) is 16.2. The largest absolute Gasteiger partial charge is 0.467 e. The van der Waals surface area contributed by atoms with Crippen LogP contribution in [0.3, 0.4) is 0 Å². The normalized spacial score (nSPS) is 13.0. The van der Waals surface area contributed by atoms with Gasteiger partial charge in [-0.15, -0.1) is 0 Å². The molecule has 0 spiro atoms. The van der Waals surface area contributed by atoms with Crippen molar-refractivity contribution in [3.8, 4) is 17.1 Å². The Kier molecular flexibility index (Phi) is 8.85. The van der Waals surface area contributed by atoms with Crippen LogP contribution in [0.15, 0.2) is 30.7 Å². The molecule has 0 fully saturated rings. The van der Waals surface area contributed by atoms with Crippen LogP contribution in [-0.4, -0.2) is 25.5 Å². The number of anilines is 1. The number of rotatable bonds is 11. The summed E-state index contributed by atoms with van der Waals surface area (Å²) in [7, 11) is 0. The molecule has 0 radical (unpaired) electrons. The van der Waals surface area contributed by atoms with Crippen LogP contribution in [0.4, 0.5) is 10.2 Å². The summed E-state index contributed by atoms with van der Waals surface area (Å²) in [5.74, 6) is -0.238. The maximum absolute atomic E-state index is 13.9. The summed E-state index contributed by atoms with van der Waals surface area (Å²) >= 11 is 12.3. The van der Waals surface area contributed by atoms with E-state index in [1.807, 2.05) is 10.9 Å². The van der Waals surface area contributed by atoms with Crippen LogP contribution in [0, 0.1) is 5.82 Å². The Bertz CT molecular complexity index is 1150. The molecular weight excluding hydrogens is 480 g/mol. The number of benzene rings is 1. The van der Waals surface area contributed by atoms with Gasteiger partial charge in [0.1, 0.15) is 17.7 Å². The Hall–Kier alpha value is -2.71. The number of hydrogen-bond donors (Lipinski definition) is 1. The van der Waals surface area contributed by atoms with Gasteiger partial charge in [0.05, 0.1) is 29.2 Å². The molecular formula is C24H28Cl2FN5O2.